The van der Waals surface area contributed by atoms with E-state index in [-0.39, 0.29) is 11.6 Å². The Balaban J connectivity index is 1.72. The van der Waals surface area contributed by atoms with Crippen molar-refractivity contribution >= 4 is 35.2 Å². The van der Waals surface area contributed by atoms with E-state index in [0.29, 0.717) is 31.1 Å². The minimum atomic E-state index is -0.764. The van der Waals surface area contributed by atoms with Crippen molar-refractivity contribution in [1.82, 2.24) is 0 Å². The highest BCUT2D eigenvalue weighted by Crippen LogP contribution is 2.34. The number of methoxy groups -OCH3 is 1. The van der Waals surface area contributed by atoms with Gasteiger partial charge in [-0.1, -0.05) is 30.3 Å². The number of benzene rings is 2. The molecule has 0 bridgehead atoms. The Morgan fingerprint density at radius 3 is 2.49 bits per heavy atom. The third-order valence-corrected chi connectivity index (χ3v) is 6.49. The number of nitrogens with zero attached hydrogens (tertiary/aromatic N) is 1. The van der Waals surface area contributed by atoms with Crippen molar-refractivity contribution in [3.05, 3.63) is 54.1 Å². The molecule has 8 heteroatoms. The van der Waals surface area contributed by atoms with E-state index in [0.717, 1.165) is 23.5 Å². The summed E-state index contributed by atoms with van der Waals surface area (Å²) in [5, 5.41) is 2.88. The van der Waals surface area contributed by atoms with E-state index in [1.807, 2.05) is 30.3 Å². The fraction of sp³-hybridized carbons (Fsp3) is 0.444. The van der Waals surface area contributed by atoms with Gasteiger partial charge in [-0.05, 0) is 63.6 Å². The minimum absolute atomic E-state index is 0.160. The molecule has 0 atom stereocenters. The maximum atomic E-state index is 13.2. The topological polar surface area (TPSA) is 86.2 Å². The fourth-order valence-electron chi connectivity index (χ4n) is 3.61. The van der Waals surface area contributed by atoms with E-state index >= 15 is 0 Å². The zero-order chi connectivity index (χ0) is 25.3. The molecule has 2 aromatic rings. The molecule has 1 heterocycles. The second kappa shape index (κ2) is 12.7. The Hall–Kier alpha value is -2.84. The molecule has 1 saturated heterocycles. The molecule has 188 valence electrons. The van der Waals surface area contributed by atoms with Crippen LogP contribution in [0.15, 0.2) is 58.4 Å². The molecule has 2 aromatic carbocycles. The highest BCUT2D eigenvalue weighted by atomic mass is 32.2. The van der Waals surface area contributed by atoms with Crippen molar-refractivity contribution in [1.29, 1.82) is 0 Å². The van der Waals surface area contributed by atoms with E-state index in [1.54, 1.807) is 45.7 Å². The average molecular weight is 499 g/mol. The van der Waals surface area contributed by atoms with Crippen LogP contribution in [0.25, 0.3) is 0 Å². The molecule has 0 unspecified atom stereocenters. The lowest BCUT2D eigenvalue weighted by Crippen LogP contribution is -2.30. The highest BCUT2D eigenvalue weighted by molar-refractivity contribution is 7.98. The summed E-state index contributed by atoms with van der Waals surface area (Å²) in [4.78, 5) is 30.5. The molecule has 0 radical (unpaired) electrons. The third kappa shape index (κ3) is 9.03. The first-order chi connectivity index (χ1) is 16.7. The van der Waals surface area contributed by atoms with E-state index in [9.17, 15) is 9.59 Å². The van der Waals surface area contributed by atoms with Gasteiger partial charge in [0.15, 0.2) is 0 Å². The molecule has 2 amide bonds. The molecule has 7 nitrogen and oxygen atoms in total. The number of nitrogens with one attached hydrogen (secondary N) is 1. The van der Waals surface area contributed by atoms with E-state index in [2.05, 4.69) is 22.4 Å². The van der Waals surface area contributed by atoms with Crippen molar-refractivity contribution < 1.29 is 23.8 Å². The van der Waals surface area contributed by atoms with Crippen molar-refractivity contribution in [2.45, 2.75) is 56.3 Å². The normalized spacial score (nSPS) is 14.9. The van der Waals surface area contributed by atoms with Crippen LogP contribution in [0.2, 0.25) is 0 Å². The Morgan fingerprint density at radius 2 is 1.83 bits per heavy atom. The average Bonchev–Trinajstić information content (AvgIpc) is 2.83. The summed E-state index contributed by atoms with van der Waals surface area (Å²) < 4.78 is 16.3. The van der Waals surface area contributed by atoms with Crippen LogP contribution in [0.1, 0.15) is 45.6 Å². The predicted octanol–water partition coefficient (Wildman–Crippen LogP) is 6.12. The van der Waals surface area contributed by atoms with E-state index < -0.39 is 17.6 Å². The van der Waals surface area contributed by atoms with Crippen LogP contribution in [-0.4, -0.2) is 43.6 Å². The molecular weight excluding hydrogens is 464 g/mol. The summed E-state index contributed by atoms with van der Waals surface area (Å²) >= 11 is 1.66. The van der Waals surface area contributed by atoms with Gasteiger partial charge in [0, 0.05) is 35.6 Å². The van der Waals surface area contributed by atoms with Crippen LogP contribution >= 0.6 is 11.8 Å². The first kappa shape index (κ1) is 26.8. The first-order valence-corrected chi connectivity index (χ1v) is 12.8. The number of anilines is 1. The smallest absolute Gasteiger partial charge is 0.434 e. The number of hydrogen-bond donors (Lipinski definition) is 1. The van der Waals surface area contributed by atoms with Crippen LogP contribution in [0, 0.1) is 5.92 Å². The zero-order valence-electron chi connectivity index (χ0n) is 20.8. The number of carbonyl (C=O) groups is 2. The van der Waals surface area contributed by atoms with Gasteiger partial charge in [-0.15, -0.1) is 11.8 Å². The van der Waals surface area contributed by atoms with Crippen LogP contribution in [0.5, 0.6) is 5.75 Å². The largest absolute Gasteiger partial charge is 0.496 e. The quantitative estimate of drug-likeness (QED) is 0.349. The Labute approximate surface area is 211 Å². The molecule has 35 heavy (non-hydrogen) atoms. The van der Waals surface area contributed by atoms with Gasteiger partial charge in [0.1, 0.15) is 17.1 Å². The van der Waals surface area contributed by atoms with Crippen molar-refractivity contribution in [2.24, 2.45) is 10.9 Å². The summed E-state index contributed by atoms with van der Waals surface area (Å²) in [6.45, 7) is 6.59. The lowest BCUT2D eigenvalue weighted by atomic mass is 9.93. The zero-order valence-corrected chi connectivity index (χ0v) is 21.7. The molecule has 1 N–H and O–H groups in total. The Bertz CT molecular complexity index is 1030. The fourth-order valence-corrected chi connectivity index (χ4v) is 4.57. The third-order valence-electron chi connectivity index (χ3n) is 5.36. The number of ether oxygens (including phenoxy) is 3. The molecule has 1 aliphatic heterocycles. The molecule has 1 aliphatic rings. The Morgan fingerprint density at radius 1 is 1.11 bits per heavy atom. The second-order valence-electron chi connectivity index (χ2n) is 9.39. The van der Waals surface area contributed by atoms with Crippen LogP contribution in [0.4, 0.5) is 10.5 Å². The van der Waals surface area contributed by atoms with Crippen LogP contribution in [0.3, 0.4) is 0 Å². The summed E-state index contributed by atoms with van der Waals surface area (Å²) in [6, 6.07) is 15.7. The van der Waals surface area contributed by atoms with Gasteiger partial charge in [-0.25, -0.2) is 4.79 Å². The van der Waals surface area contributed by atoms with Gasteiger partial charge >= 0.3 is 6.09 Å². The number of rotatable bonds is 8. The SMILES string of the molecule is COc1cc(NC(=O)/C(CC2CCOCC2)=N\C(=O)OC(C)(C)C)ccc1SCc1ccccc1. The lowest BCUT2D eigenvalue weighted by molar-refractivity contribution is -0.110. The first-order valence-electron chi connectivity index (χ1n) is 11.8. The number of aliphatic imine (C=N–C) groups is 1. The predicted molar refractivity (Wildman–Crippen MR) is 139 cm³/mol. The molecular formula is C27H34N2O5S. The van der Waals surface area contributed by atoms with Crippen molar-refractivity contribution in [3.8, 4) is 5.75 Å². The van der Waals surface area contributed by atoms with Gasteiger partial charge in [-0.3, -0.25) is 4.79 Å². The Kier molecular flexibility index (Phi) is 9.74. The van der Waals surface area contributed by atoms with Gasteiger partial charge in [0.25, 0.3) is 5.91 Å². The number of carbonyl (C=O) groups excluding carboxylic acids is 2. The molecule has 1 fully saturated rings. The van der Waals surface area contributed by atoms with E-state index in [4.69, 9.17) is 14.2 Å². The number of hydrogen-bond acceptors (Lipinski definition) is 6. The van der Waals surface area contributed by atoms with Crippen molar-refractivity contribution in [3.63, 3.8) is 0 Å². The standard InChI is InChI=1S/C27H34N2O5S/c1-27(2,3)34-26(31)29-22(16-19-12-14-33-15-13-19)25(30)28-21-10-11-24(23(17-21)32-4)35-18-20-8-6-5-7-9-20/h5-11,17,19H,12-16,18H2,1-4H3,(H,28,30)/b29-22-. The molecule has 3 rings (SSSR count). The summed E-state index contributed by atoms with van der Waals surface area (Å²) in [7, 11) is 1.61. The van der Waals surface area contributed by atoms with Gasteiger partial charge in [0.05, 0.1) is 7.11 Å². The van der Waals surface area contributed by atoms with Gasteiger partial charge in [0.2, 0.25) is 0 Å². The summed E-state index contributed by atoms with van der Waals surface area (Å²) in [5.41, 5.74) is 1.25. The van der Waals surface area contributed by atoms with Crippen LogP contribution < -0.4 is 10.1 Å². The molecule has 0 spiro atoms. The van der Waals surface area contributed by atoms with E-state index in [1.165, 1.54) is 5.56 Å². The van der Waals surface area contributed by atoms with Gasteiger partial charge in [-0.2, -0.15) is 4.99 Å². The second-order valence-corrected chi connectivity index (χ2v) is 10.4. The number of amides is 2. The molecule has 0 aromatic heterocycles. The summed E-state index contributed by atoms with van der Waals surface area (Å²) in [5.74, 6) is 1.27. The van der Waals surface area contributed by atoms with Crippen LogP contribution in [-0.2, 0) is 20.0 Å². The summed E-state index contributed by atoms with van der Waals surface area (Å²) in [6.07, 6.45) is 1.26. The highest BCUT2D eigenvalue weighted by Gasteiger charge is 2.24. The molecule has 0 aliphatic carbocycles. The lowest BCUT2D eigenvalue weighted by Gasteiger charge is -2.23. The molecule has 0 saturated carbocycles. The minimum Gasteiger partial charge on any atom is -0.496 e. The maximum absolute atomic E-state index is 13.2. The van der Waals surface area contributed by atoms with Gasteiger partial charge < -0.3 is 19.5 Å². The number of thioether (sulfide) groups is 1. The monoisotopic (exact) mass is 498 g/mol. The maximum Gasteiger partial charge on any atom is 0.434 e. The van der Waals surface area contributed by atoms with Crippen molar-refractivity contribution in [2.75, 3.05) is 25.6 Å².